The molecule has 134 valence electrons. The standard InChI is InChI=1S/C19H35NO2S/c1-15(2)19(18(3,4)5)9-7-16(8-10-19)17(21)20-11-13-23(6,22)14-12-20/h15-16H,6-14H2,1-5H3. The fraction of sp³-hybridized carbons (Fsp3) is 0.895. The van der Waals surface area contributed by atoms with Crippen molar-refractivity contribution in [3.8, 4) is 0 Å². The van der Waals surface area contributed by atoms with Gasteiger partial charge in [0.25, 0.3) is 0 Å². The molecule has 2 aliphatic rings. The second-order valence-corrected chi connectivity index (χ2v) is 11.8. The average Bonchev–Trinajstić information content (AvgIpc) is 2.45. The topological polar surface area (TPSA) is 37.4 Å². The molecule has 0 aromatic carbocycles. The molecular weight excluding hydrogens is 306 g/mol. The van der Waals surface area contributed by atoms with Crippen LogP contribution in [0.5, 0.6) is 0 Å². The van der Waals surface area contributed by atoms with Crippen LogP contribution in [0, 0.1) is 22.7 Å². The molecule has 0 bridgehead atoms. The van der Waals surface area contributed by atoms with Gasteiger partial charge in [-0.25, -0.2) is 0 Å². The van der Waals surface area contributed by atoms with Gasteiger partial charge in [0.05, 0.1) is 0 Å². The summed E-state index contributed by atoms with van der Waals surface area (Å²) in [6, 6.07) is 0. The molecule has 1 aliphatic carbocycles. The minimum Gasteiger partial charge on any atom is -0.341 e. The van der Waals surface area contributed by atoms with E-state index in [-0.39, 0.29) is 11.3 Å². The lowest BCUT2D eigenvalue weighted by atomic mass is 9.53. The van der Waals surface area contributed by atoms with Crippen LogP contribution in [0.4, 0.5) is 0 Å². The van der Waals surface area contributed by atoms with E-state index in [0.717, 1.165) is 25.7 Å². The molecule has 4 heteroatoms. The maximum Gasteiger partial charge on any atom is 0.225 e. The number of hydrogen-bond acceptors (Lipinski definition) is 2. The lowest BCUT2D eigenvalue weighted by molar-refractivity contribution is -0.139. The van der Waals surface area contributed by atoms with E-state index in [2.05, 4.69) is 40.5 Å². The van der Waals surface area contributed by atoms with Gasteiger partial charge >= 0.3 is 0 Å². The molecule has 0 N–H and O–H groups in total. The van der Waals surface area contributed by atoms with Gasteiger partial charge in [-0.2, -0.15) is 0 Å². The minimum absolute atomic E-state index is 0.170. The second kappa shape index (κ2) is 6.42. The maximum atomic E-state index is 12.8. The largest absolute Gasteiger partial charge is 0.341 e. The molecule has 1 heterocycles. The van der Waals surface area contributed by atoms with Crippen molar-refractivity contribution >= 4 is 21.3 Å². The Balaban J connectivity index is 2.00. The van der Waals surface area contributed by atoms with Gasteiger partial charge in [-0.05, 0) is 57.8 Å². The highest BCUT2D eigenvalue weighted by Gasteiger charge is 2.47. The van der Waals surface area contributed by atoms with Crippen molar-refractivity contribution in [2.24, 2.45) is 22.7 Å². The molecule has 2 fully saturated rings. The summed E-state index contributed by atoms with van der Waals surface area (Å²) >= 11 is 0. The molecule has 0 aromatic rings. The van der Waals surface area contributed by atoms with Crippen LogP contribution in [0.1, 0.15) is 60.3 Å². The van der Waals surface area contributed by atoms with Gasteiger partial charge in [0, 0.05) is 30.5 Å². The van der Waals surface area contributed by atoms with Crippen LogP contribution in [0.2, 0.25) is 0 Å². The number of hydrogen-bond donors (Lipinski definition) is 0. The molecule has 23 heavy (non-hydrogen) atoms. The summed E-state index contributed by atoms with van der Waals surface area (Å²) in [5.74, 6) is 6.05. The zero-order valence-electron chi connectivity index (χ0n) is 15.7. The van der Waals surface area contributed by atoms with E-state index in [9.17, 15) is 9.00 Å². The van der Waals surface area contributed by atoms with Gasteiger partial charge in [-0.15, -0.1) is 0 Å². The zero-order valence-corrected chi connectivity index (χ0v) is 16.5. The van der Waals surface area contributed by atoms with Crippen molar-refractivity contribution < 1.29 is 9.00 Å². The van der Waals surface area contributed by atoms with E-state index >= 15 is 0 Å². The molecule has 2 rings (SSSR count). The molecule has 0 aromatic heterocycles. The van der Waals surface area contributed by atoms with Crippen LogP contribution < -0.4 is 0 Å². The Bertz CT molecular complexity index is 520. The summed E-state index contributed by atoms with van der Waals surface area (Å²) in [5, 5.41) is 0. The normalized spacial score (nSPS) is 32.1. The van der Waals surface area contributed by atoms with Crippen LogP contribution in [0.15, 0.2) is 0 Å². The van der Waals surface area contributed by atoms with Crippen LogP contribution in [-0.2, 0) is 14.3 Å². The lowest BCUT2D eigenvalue weighted by Gasteiger charge is -2.52. The monoisotopic (exact) mass is 341 g/mol. The molecule has 1 amide bonds. The summed E-state index contributed by atoms with van der Waals surface area (Å²) in [7, 11) is -1.92. The minimum atomic E-state index is -1.92. The SMILES string of the molecule is C=S1(=O)CCN(C(=O)C2CCC(C(C)C)(C(C)(C)C)CC2)CC1. The first kappa shape index (κ1) is 18.8. The molecule has 1 saturated carbocycles. The highest BCUT2D eigenvalue weighted by atomic mass is 32.2. The third-order valence-electron chi connectivity index (χ3n) is 6.60. The van der Waals surface area contributed by atoms with Crippen LogP contribution in [-0.4, -0.2) is 45.5 Å². The first-order valence-electron chi connectivity index (χ1n) is 9.10. The van der Waals surface area contributed by atoms with Crippen molar-refractivity contribution in [2.45, 2.75) is 60.3 Å². The average molecular weight is 342 g/mol. The number of nitrogens with zero attached hydrogens (tertiary/aromatic N) is 1. The van der Waals surface area contributed by atoms with E-state index in [1.165, 1.54) is 0 Å². The molecule has 0 atom stereocenters. The second-order valence-electron chi connectivity index (χ2n) is 9.03. The quantitative estimate of drug-likeness (QED) is 0.722. The molecule has 0 unspecified atom stereocenters. The predicted molar refractivity (Wildman–Crippen MR) is 100 cm³/mol. The molecular formula is C19H35NO2S. The Morgan fingerprint density at radius 3 is 2.04 bits per heavy atom. The first-order chi connectivity index (χ1) is 10.5. The summed E-state index contributed by atoms with van der Waals surface area (Å²) < 4.78 is 12.0. The van der Waals surface area contributed by atoms with Crippen molar-refractivity contribution in [1.82, 2.24) is 4.90 Å². The van der Waals surface area contributed by atoms with Gasteiger partial charge < -0.3 is 4.90 Å². The van der Waals surface area contributed by atoms with Gasteiger partial charge in [-0.3, -0.25) is 9.00 Å². The summed E-state index contributed by atoms with van der Waals surface area (Å²) in [5.41, 5.74) is 0.618. The Labute approximate surface area is 143 Å². The third-order valence-corrected chi connectivity index (χ3v) is 8.46. The van der Waals surface area contributed by atoms with Crippen LogP contribution >= 0.6 is 0 Å². The molecule has 3 nitrogen and oxygen atoms in total. The number of carbonyl (C=O) groups is 1. The van der Waals surface area contributed by atoms with Gasteiger partial charge in [-0.1, -0.05) is 34.6 Å². The number of amides is 1. The van der Waals surface area contributed by atoms with Crippen molar-refractivity contribution in [3.63, 3.8) is 0 Å². The first-order valence-corrected chi connectivity index (χ1v) is 11.2. The van der Waals surface area contributed by atoms with Gasteiger partial charge in [0.15, 0.2) is 0 Å². The van der Waals surface area contributed by atoms with E-state index in [0.29, 0.717) is 41.8 Å². The Hall–Kier alpha value is -0.510. The maximum absolute atomic E-state index is 12.8. The Morgan fingerprint density at radius 2 is 1.65 bits per heavy atom. The van der Waals surface area contributed by atoms with Crippen molar-refractivity contribution in [2.75, 3.05) is 24.6 Å². The summed E-state index contributed by atoms with van der Waals surface area (Å²) in [6.07, 6.45) is 4.30. The molecule has 1 aliphatic heterocycles. The van der Waals surface area contributed by atoms with Gasteiger partial charge in [0.1, 0.15) is 0 Å². The van der Waals surface area contributed by atoms with E-state index in [4.69, 9.17) is 0 Å². The predicted octanol–water partition coefficient (Wildman–Crippen LogP) is 3.42. The van der Waals surface area contributed by atoms with Crippen LogP contribution in [0.25, 0.3) is 0 Å². The van der Waals surface area contributed by atoms with E-state index < -0.39 is 9.52 Å². The lowest BCUT2D eigenvalue weighted by Crippen LogP contribution is -2.49. The Morgan fingerprint density at radius 1 is 1.17 bits per heavy atom. The third kappa shape index (κ3) is 3.78. The Kier molecular flexibility index (Phi) is 5.25. The van der Waals surface area contributed by atoms with Crippen molar-refractivity contribution in [1.29, 1.82) is 0 Å². The summed E-state index contributed by atoms with van der Waals surface area (Å²) in [6.45, 7) is 13.0. The van der Waals surface area contributed by atoms with E-state index in [1.807, 2.05) is 4.90 Å². The smallest absolute Gasteiger partial charge is 0.225 e. The molecule has 0 radical (unpaired) electrons. The van der Waals surface area contributed by atoms with E-state index in [1.54, 1.807) is 0 Å². The zero-order chi connectivity index (χ0) is 17.5. The van der Waals surface area contributed by atoms with Crippen LogP contribution in [0.3, 0.4) is 0 Å². The number of rotatable bonds is 2. The molecule has 1 saturated heterocycles. The number of carbonyl (C=O) groups excluding carboxylic acids is 1. The molecule has 0 spiro atoms. The van der Waals surface area contributed by atoms with Gasteiger partial charge in [0.2, 0.25) is 5.91 Å². The fourth-order valence-electron chi connectivity index (χ4n) is 4.82. The highest BCUT2D eigenvalue weighted by molar-refractivity contribution is 8.00. The van der Waals surface area contributed by atoms with Crippen molar-refractivity contribution in [3.05, 3.63) is 0 Å². The fourth-order valence-corrected chi connectivity index (χ4v) is 6.13. The highest BCUT2D eigenvalue weighted by Crippen LogP contribution is 2.55. The summed E-state index contributed by atoms with van der Waals surface area (Å²) in [4.78, 5) is 14.8.